The summed E-state index contributed by atoms with van der Waals surface area (Å²) < 4.78 is 11.0. The number of carbonyl (C=O) groups is 2. The van der Waals surface area contributed by atoms with Crippen molar-refractivity contribution in [2.45, 2.75) is 92.9 Å². The molecule has 0 N–H and O–H groups in total. The molecule has 0 bridgehead atoms. The first-order valence-corrected chi connectivity index (χ1v) is 11.6. The Morgan fingerprint density at radius 3 is 1.29 bits per heavy atom. The fraction of sp³-hybridized carbons (Fsp3) is 0.917. The van der Waals surface area contributed by atoms with Crippen LogP contribution < -0.4 is 0 Å². The molecule has 1 rings (SSSR count). The zero-order chi connectivity index (χ0) is 21.1. The Morgan fingerprint density at radius 2 is 1.00 bits per heavy atom. The molecular formula is C24H44O4. The highest BCUT2D eigenvalue weighted by molar-refractivity contribution is 5.75. The van der Waals surface area contributed by atoms with Gasteiger partial charge in [-0.15, -0.1) is 0 Å². The molecule has 1 fully saturated rings. The molecule has 4 unspecified atom stereocenters. The van der Waals surface area contributed by atoms with Gasteiger partial charge in [-0.25, -0.2) is 0 Å². The Kier molecular flexibility index (Phi) is 11.8. The second kappa shape index (κ2) is 13.2. The lowest BCUT2D eigenvalue weighted by molar-refractivity contribution is -0.155. The molecule has 4 atom stereocenters. The summed E-state index contributed by atoms with van der Waals surface area (Å²) in [5.74, 6) is 2.22. The summed E-state index contributed by atoms with van der Waals surface area (Å²) in [4.78, 5) is 24.6. The van der Waals surface area contributed by atoms with Crippen LogP contribution in [0, 0.1) is 35.5 Å². The van der Waals surface area contributed by atoms with E-state index in [1.807, 2.05) is 0 Å². The van der Waals surface area contributed by atoms with E-state index in [9.17, 15) is 9.59 Å². The predicted molar refractivity (Wildman–Crippen MR) is 114 cm³/mol. The van der Waals surface area contributed by atoms with E-state index in [4.69, 9.17) is 9.47 Å². The molecule has 0 aromatic carbocycles. The van der Waals surface area contributed by atoms with Crippen molar-refractivity contribution in [1.82, 2.24) is 0 Å². The quantitative estimate of drug-likeness (QED) is 0.378. The number of hydrogen-bond donors (Lipinski definition) is 0. The summed E-state index contributed by atoms with van der Waals surface area (Å²) in [5.41, 5.74) is 0. The van der Waals surface area contributed by atoms with Gasteiger partial charge >= 0.3 is 11.9 Å². The zero-order valence-corrected chi connectivity index (χ0v) is 19.2. The number of carbonyl (C=O) groups excluding carboxylic acids is 2. The highest BCUT2D eigenvalue weighted by Gasteiger charge is 2.31. The van der Waals surface area contributed by atoms with Crippen LogP contribution in [0.2, 0.25) is 0 Å². The normalized spacial score (nSPS) is 24.1. The first kappa shape index (κ1) is 25.0. The molecule has 0 saturated heterocycles. The maximum absolute atomic E-state index is 12.3. The molecule has 0 amide bonds. The van der Waals surface area contributed by atoms with Crippen molar-refractivity contribution in [2.75, 3.05) is 13.2 Å². The monoisotopic (exact) mass is 396 g/mol. The molecule has 28 heavy (non-hydrogen) atoms. The van der Waals surface area contributed by atoms with Crippen molar-refractivity contribution in [1.29, 1.82) is 0 Å². The van der Waals surface area contributed by atoms with Crippen molar-refractivity contribution in [3.63, 3.8) is 0 Å². The van der Waals surface area contributed by atoms with Crippen LogP contribution in [0.25, 0.3) is 0 Å². The van der Waals surface area contributed by atoms with Gasteiger partial charge in [-0.3, -0.25) is 9.59 Å². The van der Waals surface area contributed by atoms with Crippen molar-refractivity contribution in [3.05, 3.63) is 0 Å². The van der Waals surface area contributed by atoms with E-state index in [2.05, 4.69) is 41.5 Å². The van der Waals surface area contributed by atoms with Crippen LogP contribution in [-0.2, 0) is 19.1 Å². The van der Waals surface area contributed by atoms with Crippen LogP contribution in [0.4, 0.5) is 0 Å². The van der Waals surface area contributed by atoms with Gasteiger partial charge in [0.25, 0.3) is 0 Å². The van der Waals surface area contributed by atoms with E-state index in [0.29, 0.717) is 36.9 Å². The molecule has 0 spiro atoms. The van der Waals surface area contributed by atoms with E-state index in [1.165, 1.54) is 0 Å². The Morgan fingerprint density at radius 1 is 0.679 bits per heavy atom. The molecular weight excluding hydrogens is 352 g/mol. The van der Waals surface area contributed by atoms with Gasteiger partial charge in [-0.2, -0.15) is 0 Å². The lowest BCUT2D eigenvalue weighted by atomic mass is 9.82. The van der Waals surface area contributed by atoms with Gasteiger partial charge in [0.2, 0.25) is 0 Å². The Labute approximate surface area is 173 Å². The molecule has 1 aliphatic carbocycles. The lowest BCUT2D eigenvalue weighted by Gasteiger charge is -2.26. The maximum Gasteiger partial charge on any atom is 0.308 e. The summed E-state index contributed by atoms with van der Waals surface area (Å²) >= 11 is 0. The summed E-state index contributed by atoms with van der Waals surface area (Å²) in [6, 6.07) is 0. The van der Waals surface area contributed by atoms with E-state index in [1.54, 1.807) is 0 Å². The van der Waals surface area contributed by atoms with Crippen LogP contribution in [0.5, 0.6) is 0 Å². The molecule has 4 nitrogen and oxygen atoms in total. The van der Waals surface area contributed by atoms with Gasteiger partial charge < -0.3 is 9.47 Å². The van der Waals surface area contributed by atoms with E-state index in [0.717, 1.165) is 51.4 Å². The van der Waals surface area contributed by atoms with E-state index >= 15 is 0 Å². The van der Waals surface area contributed by atoms with Gasteiger partial charge in [-0.1, -0.05) is 54.4 Å². The first-order valence-electron chi connectivity index (χ1n) is 11.6. The molecule has 0 aromatic heterocycles. The molecule has 164 valence electrons. The van der Waals surface area contributed by atoms with Gasteiger partial charge in [0, 0.05) is 0 Å². The highest BCUT2D eigenvalue weighted by Crippen LogP contribution is 2.31. The average molecular weight is 397 g/mol. The van der Waals surface area contributed by atoms with Crippen molar-refractivity contribution in [2.24, 2.45) is 35.5 Å². The minimum absolute atomic E-state index is 0.0478. The third-order valence-corrected chi connectivity index (χ3v) is 7.26. The summed E-state index contributed by atoms with van der Waals surface area (Å²) in [6.45, 7) is 14.4. The molecule has 0 aromatic rings. The van der Waals surface area contributed by atoms with Gasteiger partial charge in [0.05, 0.1) is 25.0 Å². The molecule has 4 heteroatoms. The predicted octanol–water partition coefficient (Wildman–Crippen LogP) is 6.02. The molecule has 0 aliphatic heterocycles. The number of rotatable bonds is 12. The second-order valence-corrected chi connectivity index (χ2v) is 9.19. The highest BCUT2D eigenvalue weighted by atomic mass is 16.5. The van der Waals surface area contributed by atoms with Crippen molar-refractivity contribution in [3.8, 4) is 0 Å². The van der Waals surface area contributed by atoms with Crippen LogP contribution in [0.3, 0.4) is 0 Å². The molecule has 0 heterocycles. The van der Waals surface area contributed by atoms with E-state index in [-0.39, 0.29) is 23.8 Å². The zero-order valence-electron chi connectivity index (χ0n) is 19.2. The van der Waals surface area contributed by atoms with Crippen LogP contribution in [0.1, 0.15) is 92.9 Å². The second-order valence-electron chi connectivity index (χ2n) is 9.19. The fourth-order valence-electron chi connectivity index (χ4n) is 3.87. The first-order chi connectivity index (χ1) is 13.3. The average Bonchev–Trinajstić information content (AvgIpc) is 2.71. The van der Waals surface area contributed by atoms with Crippen LogP contribution in [0.15, 0.2) is 0 Å². The standard InChI is InChI=1S/C24H44O4/c1-7-17(3)19(5)13-15-27-23(25)21-9-11-22(12-10-21)24(26)28-16-14-20(6)18(4)8-2/h17-22H,7-16H2,1-6H3. The third kappa shape index (κ3) is 8.53. The molecule has 0 radical (unpaired) electrons. The topological polar surface area (TPSA) is 52.6 Å². The Balaban J connectivity index is 2.23. The van der Waals surface area contributed by atoms with Gasteiger partial charge in [0.15, 0.2) is 0 Å². The minimum Gasteiger partial charge on any atom is -0.465 e. The number of hydrogen-bond acceptors (Lipinski definition) is 4. The molecule has 1 saturated carbocycles. The fourth-order valence-corrected chi connectivity index (χ4v) is 3.87. The summed E-state index contributed by atoms with van der Waals surface area (Å²) in [6.07, 6.45) is 7.13. The van der Waals surface area contributed by atoms with Crippen molar-refractivity contribution < 1.29 is 19.1 Å². The maximum atomic E-state index is 12.3. The molecule has 1 aliphatic rings. The number of esters is 2. The number of ether oxygens (including phenoxy) is 2. The van der Waals surface area contributed by atoms with E-state index < -0.39 is 0 Å². The van der Waals surface area contributed by atoms with Crippen LogP contribution >= 0.6 is 0 Å². The summed E-state index contributed by atoms with van der Waals surface area (Å²) in [5, 5.41) is 0. The van der Waals surface area contributed by atoms with Gasteiger partial charge in [0.1, 0.15) is 0 Å². The van der Waals surface area contributed by atoms with Gasteiger partial charge in [-0.05, 0) is 62.2 Å². The minimum atomic E-state index is -0.0782. The smallest absolute Gasteiger partial charge is 0.308 e. The Bertz CT molecular complexity index is 412. The van der Waals surface area contributed by atoms with Crippen LogP contribution in [-0.4, -0.2) is 25.2 Å². The lowest BCUT2D eigenvalue weighted by Crippen LogP contribution is -2.29. The third-order valence-electron chi connectivity index (χ3n) is 7.26. The SMILES string of the molecule is CCC(C)C(C)CCOC(=O)C1CCC(C(=O)OCCC(C)C(C)CC)CC1. The summed E-state index contributed by atoms with van der Waals surface area (Å²) in [7, 11) is 0. The largest absolute Gasteiger partial charge is 0.465 e. The Hall–Kier alpha value is -1.06. The van der Waals surface area contributed by atoms with Crippen molar-refractivity contribution >= 4 is 11.9 Å².